The topological polar surface area (TPSA) is 27.0 Å². The van der Waals surface area contributed by atoms with Gasteiger partial charge in [0, 0.05) is 22.3 Å². The fourth-order valence-corrected chi connectivity index (χ4v) is 2.29. The molecule has 0 saturated heterocycles. The second kappa shape index (κ2) is 6.47. The summed E-state index contributed by atoms with van der Waals surface area (Å²) in [5, 5.41) is 10.2. The van der Waals surface area contributed by atoms with Crippen molar-refractivity contribution in [3.8, 4) is 6.07 Å². The number of hydrogen-bond donors (Lipinski definition) is 0. The van der Waals surface area contributed by atoms with Gasteiger partial charge in [-0.1, -0.05) is 47.5 Å². The summed E-state index contributed by atoms with van der Waals surface area (Å²) in [6.07, 6.45) is 0. The molecule has 0 saturated carbocycles. The van der Waals surface area contributed by atoms with E-state index in [2.05, 4.69) is 6.07 Å². The molecule has 2 aromatic rings. The van der Waals surface area contributed by atoms with Crippen LogP contribution in [0.25, 0.3) is 0 Å². The molecular formula is C15H12Cl2N2. The lowest BCUT2D eigenvalue weighted by Gasteiger charge is -2.22. The van der Waals surface area contributed by atoms with Crippen LogP contribution in [0.15, 0.2) is 48.5 Å². The quantitative estimate of drug-likeness (QED) is 0.774. The number of anilines is 1. The zero-order chi connectivity index (χ0) is 13.7. The Morgan fingerprint density at radius 3 is 2.42 bits per heavy atom. The van der Waals surface area contributed by atoms with Crippen molar-refractivity contribution in [1.82, 2.24) is 0 Å². The number of halogens is 2. The average molecular weight is 291 g/mol. The molecule has 0 bridgehead atoms. The van der Waals surface area contributed by atoms with E-state index in [1.807, 2.05) is 41.3 Å². The molecule has 0 unspecified atom stereocenters. The van der Waals surface area contributed by atoms with Crippen LogP contribution in [0.2, 0.25) is 10.0 Å². The van der Waals surface area contributed by atoms with Crippen LogP contribution in [0.1, 0.15) is 5.56 Å². The fraction of sp³-hybridized carbons (Fsp3) is 0.133. The van der Waals surface area contributed by atoms with Crippen molar-refractivity contribution < 1.29 is 0 Å². The predicted molar refractivity (Wildman–Crippen MR) is 79.6 cm³/mol. The van der Waals surface area contributed by atoms with Crippen LogP contribution in [0.4, 0.5) is 5.69 Å². The Morgan fingerprint density at radius 2 is 1.79 bits per heavy atom. The van der Waals surface area contributed by atoms with Crippen LogP contribution in [-0.4, -0.2) is 6.54 Å². The fourth-order valence-electron chi connectivity index (χ4n) is 1.82. The molecule has 4 heteroatoms. The van der Waals surface area contributed by atoms with Crippen LogP contribution in [0, 0.1) is 11.3 Å². The molecule has 0 radical (unpaired) electrons. The molecule has 0 fully saturated rings. The zero-order valence-electron chi connectivity index (χ0n) is 10.2. The zero-order valence-corrected chi connectivity index (χ0v) is 11.7. The van der Waals surface area contributed by atoms with E-state index in [1.165, 1.54) is 0 Å². The number of rotatable bonds is 4. The largest absolute Gasteiger partial charge is 0.354 e. The number of nitriles is 1. The van der Waals surface area contributed by atoms with Gasteiger partial charge in [0.25, 0.3) is 0 Å². The van der Waals surface area contributed by atoms with Gasteiger partial charge in [0.15, 0.2) is 0 Å². The Balaban J connectivity index is 2.24. The first kappa shape index (κ1) is 13.7. The molecule has 0 atom stereocenters. The third-order valence-corrected chi connectivity index (χ3v) is 3.35. The molecule has 2 aromatic carbocycles. The van der Waals surface area contributed by atoms with Crippen molar-refractivity contribution in [2.24, 2.45) is 0 Å². The maximum absolute atomic E-state index is 8.94. The maximum atomic E-state index is 8.94. The van der Waals surface area contributed by atoms with Crippen molar-refractivity contribution in [2.45, 2.75) is 6.54 Å². The van der Waals surface area contributed by atoms with Crippen molar-refractivity contribution in [2.75, 3.05) is 11.4 Å². The van der Waals surface area contributed by atoms with E-state index >= 15 is 0 Å². The molecule has 96 valence electrons. The van der Waals surface area contributed by atoms with Crippen molar-refractivity contribution >= 4 is 28.9 Å². The second-order valence-electron chi connectivity index (χ2n) is 4.09. The van der Waals surface area contributed by atoms with Gasteiger partial charge in [-0.15, -0.1) is 0 Å². The van der Waals surface area contributed by atoms with E-state index in [0.29, 0.717) is 23.1 Å². The average Bonchev–Trinajstić information content (AvgIpc) is 2.42. The highest BCUT2D eigenvalue weighted by Gasteiger charge is 2.09. The lowest BCUT2D eigenvalue weighted by atomic mass is 10.2. The van der Waals surface area contributed by atoms with Crippen molar-refractivity contribution in [3.63, 3.8) is 0 Å². The van der Waals surface area contributed by atoms with Gasteiger partial charge in [-0.2, -0.15) is 5.26 Å². The summed E-state index contributed by atoms with van der Waals surface area (Å²) in [6.45, 7) is 0.885. The summed E-state index contributed by atoms with van der Waals surface area (Å²) >= 11 is 12.0. The highest BCUT2D eigenvalue weighted by atomic mass is 35.5. The van der Waals surface area contributed by atoms with Gasteiger partial charge < -0.3 is 4.90 Å². The van der Waals surface area contributed by atoms with Gasteiger partial charge in [0.05, 0.1) is 6.07 Å². The van der Waals surface area contributed by atoms with Gasteiger partial charge in [-0.25, -0.2) is 0 Å². The van der Waals surface area contributed by atoms with E-state index in [1.54, 1.807) is 12.1 Å². The monoisotopic (exact) mass is 290 g/mol. The van der Waals surface area contributed by atoms with Gasteiger partial charge in [0.1, 0.15) is 6.54 Å². The first-order valence-corrected chi connectivity index (χ1v) is 6.57. The van der Waals surface area contributed by atoms with Crippen LogP contribution in [0.3, 0.4) is 0 Å². The standard InChI is InChI=1S/C15H12Cl2N2/c16-13-7-6-12(15(17)10-13)11-19(9-8-18)14-4-2-1-3-5-14/h1-7,10H,9,11H2. The highest BCUT2D eigenvalue weighted by Crippen LogP contribution is 2.24. The Kier molecular flexibility index (Phi) is 4.68. The molecule has 0 aliphatic rings. The van der Waals surface area contributed by atoms with Gasteiger partial charge in [0.2, 0.25) is 0 Å². The minimum Gasteiger partial charge on any atom is -0.354 e. The smallest absolute Gasteiger partial charge is 0.106 e. The van der Waals surface area contributed by atoms with Crippen LogP contribution >= 0.6 is 23.2 Å². The summed E-state index contributed by atoms with van der Waals surface area (Å²) in [7, 11) is 0. The summed E-state index contributed by atoms with van der Waals surface area (Å²) in [5.74, 6) is 0. The molecule has 0 aliphatic carbocycles. The highest BCUT2D eigenvalue weighted by molar-refractivity contribution is 6.35. The van der Waals surface area contributed by atoms with E-state index < -0.39 is 0 Å². The number of hydrogen-bond acceptors (Lipinski definition) is 2. The van der Waals surface area contributed by atoms with Crippen LogP contribution in [-0.2, 0) is 6.54 Å². The first-order chi connectivity index (χ1) is 9.20. The molecular weight excluding hydrogens is 279 g/mol. The molecule has 0 amide bonds. The molecule has 2 nitrogen and oxygen atoms in total. The summed E-state index contributed by atoms with van der Waals surface area (Å²) in [5.41, 5.74) is 1.94. The van der Waals surface area contributed by atoms with Crippen molar-refractivity contribution in [3.05, 3.63) is 64.1 Å². The van der Waals surface area contributed by atoms with Gasteiger partial charge >= 0.3 is 0 Å². The van der Waals surface area contributed by atoms with Crippen LogP contribution < -0.4 is 4.90 Å². The number of benzene rings is 2. The third-order valence-electron chi connectivity index (χ3n) is 2.76. The van der Waals surface area contributed by atoms with Crippen molar-refractivity contribution in [1.29, 1.82) is 5.26 Å². The van der Waals surface area contributed by atoms with E-state index in [9.17, 15) is 0 Å². The van der Waals surface area contributed by atoms with E-state index in [4.69, 9.17) is 28.5 Å². The molecule has 2 rings (SSSR count). The lowest BCUT2D eigenvalue weighted by Crippen LogP contribution is -2.22. The van der Waals surface area contributed by atoms with E-state index in [-0.39, 0.29) is 0 Å². The SMILES string of the molecule is N#CCN(Cc1ccc(Cl)cc1Cl)c1ccccc1. The molecule has 19 heavy (non-hydrogen) atoms. The minimum absolute atomic E-state index is 0.309. The van der Waals surface area contributed by atoms with Gasteiger partial charge in [-0.05, 0) is 29.8 Å². The van der Waals surface area contributed by atoms with Gasteiger partial charge in [-0.3, -0.25) is 0 Å². The molecule has 0 N–H and O–H groups in total. The Bertz CT molecular complexity index is 591. The Labute approximate surface area is 122 Å². The molecule has 0 spiro atoms. The summed E-state index contributed by atoms with van der Waals surface area (Å²) in [6, 6.07) is 17.4. The van der Waals surface area contributed by atoms with E-state index in [0.717, 1.165) is 11.3 Å². The minimum atomic E-state index is 0.309. The third kappa shape index (κ3) is 3.64. The molecule has 0 aliphatic heterocycles. The molecule has 0 aromatic heterocycles. The van der Waals surface area contributed by atoms with Crippen LogP contribution in [0.5, 0.6) is 0 Å². The Hall–Kier alpha value is -1.69. The normalized spacial score (nSPS) is 9.95. The summed E-state index contributed by atoms with van der Waals surface area (Å²) < 4.78 is 0. The first-order valence-electron chi connectivity index (χ1n) is 5.81. The number of nitrogens with zero attached hydrogens (tertiary/aromatic N) is 2. The molecule has 0 heterocycles. The second-order valence-corrected chi connectivity index (χ2v) is 4.93. The predicted octanol–water partition coefficient (Wildman–Crippen LogP) is 4.52. The number of para-hydroxylation sites is 1. The Morgan fingerprint density at radius 1 is 1.05 bits per heavy atom. The lowest BCUT2D eigenvalue weighted by molar-refractivity contribution is 0.872. The maximum Gasteiger partial charge on any atom is 0.106 e. The summed E-state index contributed by atoms with van der Waals surface area (Å²) in [4.78, 5) is 1.97.